The van der Waals surface area contributed by atoms with Crippen molar-refractivity contribution in [2.45, 2.75) is 25.8 Å². The van der Waals surface area contributed by atoms with E-state index in [4.69, 9.17) is 4.74 Å². The second kappa shape index (κ2) is 10.6. The lowest BCUT2D eigenvalue weighted by molar-refractivity contribution is -0.385. The number of nitro groups is 1. The highest BCUT2D eigenvalue weighted by Gasteiger charge is 2.15. The number of carbonyl (C=O) groups is 2. The van der Waals surface area contributed by atoms with Crippen LogP contribution in [-0.2, 0) is 14.3 Å². The molecule has 0 aromatic heterocycles. The quantitative estimate of drug-likeness (QED) is 0.308. The van der Waals surface area contributed by atoms with Crippen molar-refractivity contribution in [3.05, 3.63) is 81.9 Å². The summed E-state index contributed by atoms with van der Waals surface area (Å²) in [6, 6.07) is 15.4. The summed E-state index contributed by atoms with van der Waals surface area (Å²) in [5.41, 5.74) is 1.15. The average molecular weight is 382 g/mol. The molecule has 2 aromatic rings. The molecule has 28 heavy (non-hydrogen) atoms. The fraction of sp³-hybridized carbons (Fsp3) is 0.238. The molecule has 7 heteroatoms. The first-order valence-electron chi connectivity index (χ1n) is 8.93. The zero-order valence-electron chi connectivity index (χ0n) is 15.5. The predicted octanol–water partition coefficient (Wildman–Crippen LogP) is 3.81. The van der Waals surface area contributed by atoms with E-state index in [1.165, 1.54) is 24.3 Å². The van der Waals surface area contributed by atoms with Gasteiger partial charge in [0, 0.05) is 12.1 Å². The van der Waals surface area contributed by atoms with Gasteiger partial charge in [0.1, 0.15) is 0 Å². The third-order valence-electron chi connectivity index (χ3n) is 3.99. The summed E-state index contributed by atoms with van der Waals surface area (Å²) in [5, 5.41) is 13.8. The van der Waals surface area contributed by atoms with Gasteiger partial charge in [-0.1, -0.05) is 55.8 Å². The second-order valence-corrected chi connectivity index (χ2v) is 6.08. The number of benzene rings is 2. The monoisotopic (exact) mass is 382 g/mol. The lowest BCUT2D eigenvalue weighted by Gasteiger charge is -2.18. The van der Waals surface area contributed by atoms with Gasteiger partial charge in [-0.3, -0.25) is 14.9 Å². The number of hydrogen-bond donors (Lipinski definition) is 1. The summed E-state index contributed by atoms with van der Waals surface area (Å²) in [7, 11) is 0. The zero-order valence-corrected chi connectivity index (χ0v) is 15.5. The standard InChI is InChI=1S/C21H22N2O5/c1-2-8-18(16-9-4-3-5-10-16)22-20(24)15-28-21(25)14-13-17-11-6-7-12-19(17)23(26)27/h3-7,9-14,18H,2,8,15H2,1H3,(H,22,24)/b14-13+. The van der Waals surface area contributed by atoms with Crippen LogP contribution in [0.15, 0.2) is 60.7 Å². The van der Waals surface area contributed by atoms with Crippen LogP contribution < -0.4 is 5.32 Å². The van der Waals surface area contributed by atoms with E-state index in [0.717, 1.165) is 24.5 Å². The number of hydrogen-bond acceptors (Lipinski definition) is 5. The van der Waals surface area contributed by atoms with Crippen LogP contribution in [0.1, 0.15) is 36.9 Å². The maximum absolute atomic E-state index is 12.1. The van der Waals surface area contributed by atoms with E-state index in [2.05, 4.69) is 5.32 Å². The molecule has 0 radical (unpaired) electrons. The van der Waals surface area contributed by atoms with Gasteiger partial charge in [-0.15, -0.1) is 0 Å². The van der Waals surface area contributed by atoms with Gasteiger partial charge in [0.2, 0.25) is 0 Å². The number of ether oxygens (including phenoxy) is 1. The van der Waals surface area contributed by atoms with Gasteiger partial charge in [0.15, 0.2) is 6.61 Å². The van der Waals surface area contributed by atoms with Crippen LogP contribution in [0.25, 0.3) is 6.08 Å². The third-order valence-corrected chi connectivity index (χ3v) is 3.99. The Morgan fingerprint density at radius 3 is 2.50 bits per heavy atom. The van der Waals surface area contributed by atoms with Crippen LogP contribution in [0.2, 0.25) is 0 Å². The number of esters is 1. The van der Waals surface area contributed by atoms with Crippen molar-refractivity contribution >= 4 is 23.6 Å². The molecule has 0 aliphatic heterocycles. The number of nitro benzene ring substituents is 1. The van der Waals surface area contributed by atoms with Crippen LogP contribution in [0.4, 0.5) is 5.69 Å². The Balaban J connectivity index is 1.90. The number of nitrogens with one attached hydrogen (secondary N) is 1. The second-order valence-electron chi connectivity index (χ2n) is 6.08. The van der Waals surface area contributed by atoms with E-state index < -0.39 is 23.4 Å². The average Bonchev–Trinajstić information content (AvgIpc) is 2.71. The van der Waals surface area contributed by atoms with E-state index in [1.807, 2.05) is 37.3 Å². The van der Waals surface area contributed by atoms with Gasteiger partial charge >= 0.3 is 5.97 Å². The lowest BCUT2D eigenvalue weighted by atomic mass is 10.0. The highest BCUT2D eigenvalue weighted by molar-refractivity contribution is 5.90. The molecule has 0 heterocycles. The first-order chi connectivity index (χ1) is 13.5. The Morgan fingerprint density at radius 2 is 1.82 bits per heavy atom. The Morgan fingerprint density at radius 1 is 1.14 bits per heavy atom. The molecule has 1 amide bonds. The number of rotatable bonds is 9. The van der Waals surface area contributed by atoms with E-state index in [1.54, 1.807) is 6.07 Å². The Hall–Kier alpha value is -3.48. The van der Waals surface area contributed by atoms with E-state index in [0.29, 0.717) is 0 Å². The summed E-state index contributed by atoms with van der Waals surface area (Å²) in [4.78, 5) is 34.4. The van der Waals surface area contributed by atoms with Gasteiger partial charge in [-0.2, -0.15) is 0 Å². The Labute approximate surface area is 163 Å². The topological polar surface area (TPSA) is 98.5 Å². The van der Waals surface area contributed by atoms with Crippen LogP contribution in [0.3, 0.4) is 0 Å². The van der Waals surface area contributed by atoms with Crippen molar-refractivity contribution in [1.82, 2.24) is 5.32 Å². The van der Waals surface area contributed by atoms with Gasteiger partial charge in [-0.25, -0.2) is 4.79 Å². The molecule has 0 fully saturated rings. The molecule has 146 valence electrons. The Kier molecular flexibility index (Phi) is 7.90. The SMILES string of the molecule is CCCC(NC(=O)COC(=O)/C=C/c1ccccc1[N+](=O)[O-])c1ccccc1. The molecular formula is C21H22N2O5. The molecule has 0 aliphatic carbocycles. The van der Waals surface area contributed by atoms with E-state index in [9.17, 15) is 19.7 Å². The van der Waals surface area contributed by atoms with Gasteiger partial charge < -0.3 is 10.1 Å². The number of nitrogens with zero attached hydrogens (tertiary/aromatic N) is 1. The molecule has 1 N–H and O–H groups in total. The molecule has 1 atom stereocenters. The first-order valence-corrected chi connectivity index (χ1v) is 8.93. The van der Waals surface area contributed by atoms with E-state index >= 15 is 0 Å². The number of amides is 1. The smallest absolute Gasteiger partial charge is 0.331 e. The normalized spacial score (nSPS) is 11.8. The van der Waals surface area contributed by atoms with Crippen LogP contribution in [-0.4, -0.2) is 23.4 Å². The maximum atomic E-state index is 12.1. The molecule has 0 aliphatic rings. The molecular weight excluding hydrogens is 360 g/mol. The van der Waals surface area contributed by atoms with Crippen molar-refractivity contribution in [1.29, 1.82) is 0 Å². The molecule has 2 aromatic carbocycles. The maximum Gasteiger partial charge on any atom is 0.331 e. The van der Waals surface area contributed by atoms with Gasteiger partial charge in [0.05, 0.1) is 16.5 Å². The van der Waals surface area contributed by atoms with Gasteiger partial charge in [-0.05, 0) is 24.1 Å². The van der Waals surface area contributed by atoms with Crippen molar-refractivity contribution in [3.63, 3.8) is 0 Å². The first kappa shape index (κ1) is 20.8. The third kappa shape index (κ3) is 6.35. The summed E-state index contributed by atoms with van der Waals surface area (Å²) in [6.45, 7) is 1.60. The van der Waals surface area contributed by atoms with Crippen LogP contribution in [0, 0.1) is 10.1 Å². The molecule has 1 unspecified atom stereocenters. The number of para-hydroxylation sites is 1. The summed E-state index contributed by atoms with van der Waals surface area (Å²) >= 11 is 0. The predicted molar refractivity (Wildman–Crippen MR) is 105 cm³/mol. The zero-order chi connectivity index (χ0) is 20.4. The summed E-state index contributed by atoms with van der Waals surface area (Å²) in [5.74, 6) is -1.16. The summed E-state index contributed by atoms with van der Waals surface area (Å²) < 4.78 is 4.93. The molecule has 0 bridgehead atoms. The van der Waals surface area contributed by atoms with E-state index in [-0.39, 0.29) is 17.3 Å². The van der Waals surface area contributed by atoms with Crippen molar-refractivity contribution in [3.8, 4) is 0 Å². The largest absolute Gasteiger partial charge is 0.452 e. The minimum Gasteiger partial charge on any atom is -0.452 e. The number of carbonyl (C=O) groups excluding carboxylic acids is 2. The van der Waals surface area contributed by atoms with Crippen molar-refractivity contribution < 1.29 is 19.2 Å². The fourth-order valence-electron chi connectivity index (χ4n) is 2.67. The highest BCUT2D eigenvalue weighted by atomic mass is 16.6. The minimum atomic E-state index is -0.750. The molecule has 2 rings (SSSR count). The highest BCUT2D eigenvalue weighted by Crippen LogP contribution is 2.19. The van der Waals surface area contributed by atoms with Gasteiger partial charge in [0.25, 0.3) is 11.6 Å². The van der Waals surface area contributed by atoms with Crippen molar-refractivity contribution in [2.24, 2.45) is 0 Å². The molecule has 7 nitrogen and oxygen atoms in total. The fourth-order valence-corrected chi connectivity index (χ4v) is 2.67. The lowest BCUT2D eigenvalue weighted by Crippen LogP contribution is -2.32. The summed E-state index contributed by atoms with van der Waals surface area (Å²) in [6.07, 6.45) is 4.01. The van der Waals surface area contributed by atoms with Crippen LogP contribution in [0.5, 0.6) is 0 Å². The molecule has 0 saturated heterocycles. The molecule has 0 spiro atoms. The van der Waals surface area contributed by atoms with Crippen molar-refractivity contribution in [2.75, 3.05) is 6.61 Å². The Bertz CT molecular complexity index is 849. The molecule has 0 saturated carbocycles. The van der Waals surface area contributed by atoms with Crippen LogP contribution >= 0.6 is 0 Å². The minimum absolute atomic E-state index is 0.116.